The predicted octanol–water partition coefficient (Wildman–Crippen LogP) is 1.99. The molecule has 32 heavy (non-hydrogen) atoms. The SMILES string of the molecule is N#Cc1cccnc1N1CCN(C(=O)c2ccc(S(=O)(=O)NCc3ccco3)cc2)CC1. The van der Waals surface area contributed by atoms with Crippen LogP contribution >= 0.6 is 0 Å². The minimum absolute atomic E-state index is 0.0457. The zero-order valence-corrected chi connectivity index (χ0v) is 18.0. The molecule has 1 saturated heterocycles. The number of rotatable bonds is 6. The summed E-state index contributed by atoms with van der Waals surface area (Å²) in [5.74, 6) is 0.962. The average Bonchev–Trinajstić information content (AvgIpc) is 3.36. The van der Waals surface area contributed by atoms with Gasteiger partial charge in [0, 0.05) is 37.9 Å². The van der Waals surface area contributed by atoms with Crippen molar-refractivity contribution in [2.24, 2.45) is 0 Å². The Hall–Kier alpha value is -3.68. The highest BCUT2D eigenvalue weighted by Crippen LogP contribution is 2.19. The van der Waals surface area contributed by atoms with E-state index < -0.39 is 10.0 Å². The van der Waals surface area contributed by atoms with Gasteiger partial charge in [0.2, 0.25) is 10.0 Å². The summed E-state index contributed by atoms with van der Waals surface area (Å²) >= 11 is 0. The van der Waals surface area contributed by atoms with E-state index in [0.29, 0.717) is 48.9 Å². The van der Waals surface area contributed by atoms with Gasteiger partial charge in [-0.05, 0) is 48.5 Å². The third-order valence-electron chi connectivity index (χ3n) is 5.20. The number of pyridine rings is 1. The summed E-state index contributed by atoms with van der Waals surface area (Å²) in [6.07, 6.45) is 3.12. The summed E-state index contributed by atoms with van der Waals surface area (Å²) in [7, 11) is -3.72. The van der Waals surface area contributed by atoms with E-state index >= 15 is 0 Å². The third-order valence-corrected chi connectivity index (χ3v) is 6.62. The van der Waals surface area contributed by atoms with Gasteiger partial charge in [-0.3, -0.25) is 4.79 Å². The summed E-state index contributed by atoms with van der Waals surface area (Å²) in [6.45, 7) is 2.11. The number of carbonyl (C=O) groups is 1. The van der Waals surface area contributed by atoms with Crippen LogP contribution in [-0.4, -0.2) is 50.4 Å². The van der Waals surface area contributed by atoms with Gasteiger partial charge in [0.15, 0.2) is 0 Å². The number of nitriles is 1. The van der Waals surface area contributed by atoms with Crippen molar-refractivity contribution in [2.45, 2.75) is 11.4 Å². The molecule has 0 aliphatic carbocycles. The van der Waals surface area contributed by atoms with E-state index in [1.807, 2.05) is 4.90 Å². The van der Waals surface area contributed by atoms with Crippen LogP contribution in [0.15, 0.2) is 70.3 Å². The average molecular weight is 452 g/mol. The van der Waals surface area contributed by atoms with Crippen molar-refractivity contribution < 1.29 is 17.6 Å². The summed E-state index contributed by atoms with van der Waals surface area (Å²) in [5, 5.41) is 9.27. The number of piperazine rings is 1. The van der Waals surface area contributed by atoms with Gasteiger partial charge in [-0.2, -0.15) is 5.26 Å². The molecule has 9 nitrogen and oxygen atoms in total. The summed E-state index contributed by atoms with van der Waals surface area (Å²) in [6, 6.07) is 14.8. The molecule has 4 rings (SSSR count). The van der Waals surface area contributed by atoms with Crippen molar-refractivity contribution in [1.82, 2.24) is 14.6 Å². The third kappa shape index (κ3) is 4.64. The fourth-order valence-electron chi connectivity index (χ4n) is 3.48. The first-order chi connectivity index (χ1) is 15.5. The zero-order chi connectivity index (χ0) is 22.6. The van der Waals surface area contributed by atoms with Crippen LogP contribution in [0, 0.1) is 11.3 Å². The minimum atomic E-state index is -3.72. The monoisotopic (exact) mass is 451 g/mol. The van der Waals surface area contributed by atoms with Crippen LogP contribution in [0.5, 0.6) is 0 Å². The molecule has 1 fully saturated rings. The number of furan rings is 1. The van der Waals surface area contributed by atoms with E-state index in [2.05, 4.69) is 15.8 Å². The number of hydrogen-bond acceptors (Lipinski definition) is 7. The zero-order valence-electron chi connectivity index (χ0n) is 17.1. The number of sulfonamides is 1. The van der Waals surface area contributed by atoms with Gasteiger partial charge >= 0.3 is 0 Å². The molecule has 0 unspecified atom stereocenters. The van der Waals surface area contributed by atoms with Crippen LogP contribution in [0.2, 0.25) is 0 Å². The molecule has 0 bridgehead atoms. The van der Waals surface area contributed by atoms with Crippen LogP contribution in [0.4, 0.5) is 5.82 Å². The molecule has 1 aliphatic rings. The molecule has 0 radical (unpaired) electrons. The highest BCUT2D eigenvalue weighted by atomic mass is 32.2. The first-order valence-corrected chi connectivity index (χ1v) is 11.5. The highest BCUT2D eigenvalue weighted by Gasteiger charge is 2.24. The number of aromatic nitrogens is 1. The Labute approximate surface area is 185 Å². The number of nitrogens with one attached hydrogen (secondary N) is 1. The largest absolute Gasteiger partial charge is 0.468 e. The maximum absolute atomic E-state index is 12.9. The van der Waals surface area contributed by atoms with Gasteiger partial charge in [-0.15, -0.1) is 0 Å². The molecule has 1 N–H and O–H groups in total. The van der Waals surface area contributed by atoms with E-state index in [4.69, 9.17) is 4.42 Å². The van der Waals surface area contributed by atoms with E-state index in [9.17, 15) is 18.5 Å². The molecule has 1 amide bonds. The number of amides is 1. The maximum Gasteiger partial charge on any atom is 0.253 e. The van der Waals surface area contributed by atoms with Crippen LogP contribution in [-0.2, 0) is 16.6 Å². The Kier molecular flexibility index (Phi) is 6.20. The number of carbonyl (C=O) groups excluding carboxylic acids is 1. The van der Waals surface area contributed by atoms with Gasteiger partial charge in [0.1, 0.15) is 17.6 Å². The van der Waals surface area contributed by atoms with Gasteiger partial charge in [0.25, 0.3) is 5.91 Å². The number of benzene rings is 1. The Morgan fingerprint density at radius 3 is 2.50 bits per heavy atom. The lowest BCUT2D eigenvalue weighted by Crippen LogP contribution is -2.49. The lowest BCUT2D eigenvalue weighted by atomic mass is 10.1. The van der Waals surface area contributed by atoms with Gasteiger partial charge in [-0.25, -0.2) is 18.1 Å². The van der Waals surface area contributed by atoms with Crippen molar-refractivity contribution in [2.75, 3.05) is 31.1 Å². The molecular formula is C22H21N5O4S. The molecular weight excluding hydrogens is 430 g/mol. The standard InChI is InChI=1S/C22H21N5O4S/c23-15-18-3-1-9-24-21(18)26-10-12-27(13-11-26)22(28)17-5-7-20(8-6-17)32(29,30)25-16-19-4-2-14-31-19/h1-9,14,25H,10-13,16H2. The first kappa shape index (κ1) is 21.5. The molecule has 1 aliphatic heterocycles. The quantitative estimate of drug-likeness (QED) is 0.609. The van der Waals surface area contributed by atoms with E-state index in [1.54, 1.807) is 35.4 Å². The fraction of sp³-hybridized carbons (Fsp3) is 0.227. The van der Waals surface area contributed by atoms with Crippen LogP contribution < -0.4 is 9.62 Å². The van der Waals surface area contributed by atoms with Crippen molar-refractivity contribution in [3.05, 3.63) is 77.9 Å². The van der Waals surface area contributed by atoms with Crippen molar-refractivity contribution in [3.63, 3.8) is 0 Å². The highest BCUT2D eigenvalue weighted by molar-refractivity contribution is 7.89. The van der Waals surface area contributed by atoms with Gasteiger partial charge in [-0.1, -0.05) is 0 Å². The number of hydrogen-bond donors (Lipinski definition) is 1. The van der Waals surface area contributed by atoms with Crippen molar-refractivity contribution >= 4 is 21.7 Å². The van der Waals surface area contributed by atoms with Crippen molar-refractivity contribution in [1.29, 1.82) is 5.26 Å². The maximum atomic E-state index is 12.9. The second-order valence-electron chi connectivity index (χ2n) is 7.19. The second kappa shape index (κ2) is 9.21. The minimum Gasteiger partial charge on any atom is -0.468 e. The summed E-state index contributed by atoms with van der Waals surface area (Å²) < 4.78 is 32.5. The molecule has 0 saturated carbocycles. The summed E-state index contributed by atoms with van der Waals surface area (Å²) in [4.78, 5) is 20.9. The second-order valence-corrected chi connectivity index (χ2v) is 8.96. The molecule has 1 aromatic carbocycles. The molecule has 0 atom stereocenters. The number of nitrogens with zero attached hydrogens (tertiary/aromatic N) is 4. The number of anilines is 1. The Balaban J connectivity index is 1.37. The Morgan fingerprint density at radius 1 is 1.09 bits per heavy atom. The van der Waals surface area contributed by atoms with Crippen LogP contribution in [0.3, 0.4) is 0 Å². The smallest absolute Gasteiger partial charge is 0.253 e. The molecule has 2 aromatic heterocycles. The van der Waals surface area contributed by atoms with Gasteiger partial charge in [0.05, 0.1) is 23.3 Å². The van der Waals surface area contributed by atoms with E-state index in [0.717, 1.165) is 0 Å². The Morgan fingerprint density at radius 2 is 1.84 bits per heavy atom. The molecule has 10 heteroatoms. The Bertz CT molecular complexity index is 1230. The fourth-order valence-corrected chi connectivity index (χ4v) is 4.47. The normalized spacial score (nSPS) is 14.2. The van der Waals surface area contributed by atoms with E-state index in [1.165, 1.54) is 30.5 Å². The summed E-state index contributed by atoms with van der Waals surface area (Å²) in [5.41, 5.74) is 0.920. The lowest BCUT2D eigenvalue weighted by Gasteiger charge is -2.35. The molecule has 0 spiro atoms. The van der Waals surface area contributed by atoms with E-state index in [-0.39, 0.29) is 17.3 Å². The molecule has 3 heterocycles. The van der Waals surface area contributed by atoms with Crippen LogP contribution in [0.25, 0.3) is 0 Å². The molecule has 164 valence electrons. The van der Waals surface area contributed by atoms with Crippen LogP contribution in [0.1, 0.15) is 21.7 Å². The lowest BCUT2D eigenvalue weighted by molar-refractivity contribution is 0.0746. The predicted molar refractivity (Wildman–Crippen MR) is 116 cm³/mol. The molecule has 3 aromatic rings. The topological polar surface area (TPSA) is 120 Å². The van der Waals surface area contributed by atoms with Gasteiger partial charge < -0.3 is 14.2 Å². The van der Waals surface area contributed by atoms with Crippen molar-refractivity contribution in [3.8, 4) is 6.07 Å². The first-order valence-electron chi connectivity index (χ1n) is 9.99.